The first-order valence-electron chi connectivity index (χ1n) is 10.2. The van der Waals surface area contributed by atoms with E-state index in [1.807, 2.05) is 11.0 Å². The lowest BCUT2D eigenvalue weighted by Gasteiger charge is -2.39. The molecule has 1 unspecified atom stereocenters. The normalized spacial score (nSPS) is 22.6. The summed E-state index contributed by atoms with van der Waals surface area (Å²) >= 11 is 0. The second-order valence-electron chi connectivity index (χ2n) is 8.49. The van der Waals surface area contributed by atoms with Crippen LogP contribution in [0.2, 0.25) is 0 Å². The summed E-state index contributed by atoms with van der Waals surface area (Å²) in [6.07, 6.45) is 3.79. The summed E-state index contributed by atoms with van der Waals surface area (Å²) in [4.78, 5) is 19.6. The van der Waals surface area contributed by atoms with Gasteiger partial charge in [-0.3, -0.25) is 9.69 Å². The highest BCUT2D eigenvalue weighted by atomic mass is 16.2. The summed E-state index contributed by atoms with van der Waals surface area (Å²) in [5, 5.41) is 0. The van der Waals surface area contributed by atoms with Gasteiger partial charge in [0.15, 0.2) is 0 Å². The first-order valence-corrected chi connectivity index (χ1v) is 10.2. The molecule has 2 aromatic rings. The van der Waals surface area contributed by atoms with Crippen LogP contribution in [0.25, 0.3) is 0 Å². The number of rotatable bonds is 1. The fraction of sp³-hybridized carbons (Fsp3) is 0.375. The maximum atomic E-state index is 12.8. The fourth-order valence-electron chi connectivity index (χ4n) is 5.43. The van der Waals surface area contributed by atoms with Gasteiger partial charge in [0.05, 0.1) is 23.1 Å². The van der Waals surface area contributed by atoms with Crippen LogP contribution in [0, 0.1) is 0 Å². The van der Waals surface area contributed by atoms with E-state index in [0.29, 0.717) is 0 Å². The minimum Gasteiger partial charge on any atom is -0.338 e. The van der Waals surface area contributed by atoms with E-state index in [1.54, 1.807) is 0 Å². The molecule has 2 aromatic carbocycles. The Kier molecular flexibility index (Phi) is 3.88. The first-order chi connectivity index (χ1) is 13.6. The highest BCUT2D eigenvalue weighted by Crippen LogP contribution is 2.56. The molecule has 4 heteroatoms. The van der Waals surface area contributed by atoms with Crippen LogP contribution in [0.5, 0.6) is 0 Å². The van der Waals surface area contributed by atoms with Gasteiger partial charge >= 0.3 is 0 Å². The van der Waals surface area contributed by atoms with Gasteiger partial charge in [0.1, 0.15) is 0 Å². The Morgan fingerprint density at radius 1 is 1.11 bits per heavy atom. The maximum Gasteiger partial charge on any atom is 0.251 e. The number of hydrogen-bond acceptors (Lipinski definition) is 3. The Bertz CT molecular complexity index is 958. The van der Waals surface area contributed by atoms with Crippen molar-refractivity contribution in [2.45, 2.75) is 31.2 Å². The number of carbonyl (C=O) groups is 1. The largest absolute Gasteiger partial charge is 0.338 e. The summed E-state index contributed by atoms with van der Waals surface area (Å²) in [6, 6.07) is 15.0. The van der Waals surface area contributed by atoms with E-state index in [1.165, 1.54) is 35.7 Å². The molecule has 1 amide bonds. The van der Waals surface area contributed by atoms with Gasteiger partial charge in [-0.15, -0.1) is 0 Å². The predicted octanol–water partition coefficient (Wildman–Crippen LogP) is 4.40. The number of fused-ring (bicyclic) bond motifs is 3. The molecule has 1 atom stereocenters. The molecule has 5 rings (SSSR count). The summed E-state index contributed by atoms with van der Waals surface area (Å²) in [7, 11) is 2.22. The maximum absolute atomic E-state index is 12.8. The second kappa shape index (κ2) is 6.21. The van der Waals surface area contributed by atoms with E-state index in [9.17, 15) is 4.79 Å². The highest BCUT2D eigenvalue weighted by Gasteiger charge is 2.48. The number of amides is 1. The van der Waals surface area contributed by atoms with Gasteiger partial charge in [-0.2, -0.15) is 0 Å². The van der Waals surface area contributed by atoms with Crippen molar-refractivity contribution in [2.75, 3.05) is 36.5 Å². The molecule has 3 heterocycles. The molecule has 4 nitrogen and oxygen atoms in total. The standard InChI is InChI=1S/C24H27N3O/c1-4-22(28)27-17(2)18-8-7-9-19-23(18)26(20-10-5-6-11-21(20)27)16-24(19)12-14-25(3)15-13-24/h4-11,17H,1,12-16H2,2-3H3. The molecule has 0 bridgehead atoms. The second-order valence-corrected chi connectivity index (χ2v) is 8.49. The van der Waals surface area contributed by atoms with Crippen molar-refractivity contribution in [3.05, 3.63) is 66.2 Å². The molecule has 3 aliphatic rings. The van der Waals surface area contributed by atoms with Gasteiger partial charge in [-0.1, -0.05) is 36.9 Å². The Hall–Kier alpha value is -2.59. The van der Waals surface area contributed by atoms with E-state index < -0.39 is 0 Å². The smallest absolute Gasteiger partial charge is 0.251 e. The van der Waals surface area contributed by atoms with Gasteiger partial charge in [-0.25, -0.2) is 0 Å². The van der Waals surface area contributed by atoms with E-state index >= 15 is 0 Å². The Balaban J connectivity index is 1.75. The molecular formula is C24H27N3O. The molecule has 0 N–H and O–H groups in total. The quantitative estimate of drug-likeness (QED) is 0.694. The molecule has 1 spiro atoms. The van der Waals surface area contributed by atoms with E-state index in [4.69, 9.17) is 0 Å². The van der Waals surface area contributed by atoms with Crippen LogP contribution in [-0.4, -0.2) is 37.5 Å². The number of nitrogens with zero attached hydrogens (tertiary/aromatic N) is 3. The topological polar surface area (TPSA) is 26.8 Å². The van der Waals surface area contributed by atoms with E-state index in [2.05, 4.69) is 66.7 Å². The average Bonchev–Trinajstić information content (AvgIpc) is 2.99. The van der Waals surface area contributed by atoms with E-state index in [-0.39, 0.29) is 17.4 Å². The number of hydrogen-bond donors (Lipinski definition) is 0. The molecule has 0 radical (unpaired) electrons. The number of anilines is 3. The Morgan fingerprint density at radius 2 is 1.82 bits per heavy atom. The molecule has 0 saturated carbocycles. The van der Waals surface area contributed by atoms with Gasteiger partial charge < -0.3 is 9.80 Å². The molecule has 3 aliphatic heterocycles. The third-order valence-electron chi connectivity index (χ3n) is 6.99. The fourth-order valence-corrected chi connectivity index (χ4v) is 5.43. The number of likely N-dealkylation sites (tertiary alicyclic amines) is 1. The zero-order valence-electron chi connectivity index (χ0n) is 16.7. The molecule has 1 fully saturated rings. The van der Waals surface area contributed by atoms with Crippen LogP contribution in [-0.2, 0) is 10.2 Å². The summed E-state index contributed by atoms with van der Waals surface area (Å²) < 4.78 is 0. The van der Waals surface area contributed by atoms with Gasteiger partial charge in [0.25, 0.3) is 5.91 Å². The minimum atomic E-state index is -0.0484. The Morgan fingerprint density at radius 3 is 2.54 bits per heavy atom. The minimum absolute atomic E-state index is 0.0342. The molecule has 28 heavy (non-hydrogen) atoms. The number of carbonyl (C=O) groups excluding carboxylic acids is 1. The van der Waals surface area contributed by atoms with E-state index in [0.717, 1.165) is 31.0 Å². The predicted molar refractivity (Wildman–Crippen MR) is 114 cm³/mol. The number of piperidine rings is 1. The molecule has 0 aliphatic carbocycles. The molecule has 144 valence electrons. The van der Waals surface area contributed by atoms with Crippen molar-refractivity contribution in [3.8, 4) is 0 Å². The Labute approximate surface area is 167 Å². The van der Waals surface area contributed by atoms with Crippen LogP contribution >= 0.6 is 0 Å². The molecular weight excluding hydrogens is 346 g/mol. The highest BCUT2D eigenvalue weighted by molar-refractivity contribution is 6.05. The van der Waals surface area contributed by atoms with Gasteiger partial charge in [-0.05, 0) is 69.2 Å². The number of para-hydroxylation sites is 3. The third-order valence-corrected chi connectivity index (χ3v) is 6.99. The zero-order chi connectivity index (χ0) is 19.5. The SMILES string of the molecule is C=CC(=O)N1c2ccccc2N2CC3(CCN(C)CC3)c3cccc(c32)C1C. The van der Waals surface area contributed by atoms with Crippen LogP contribution in [0.1, 0.15) is 36.9 Å². The van der Waals surface area contributed by atoms with Crippen LogP contribution in [0.3, 0.4) is 0 Å². The van der Waals surface area contributed by atoms with Crippen molar-refractivity contribution >= 4 is 23.0 Å². The lowest BCUT2D eigenvalue weighted by molar-refractivity contribution is -0.114. The lowest BCUT2D eigenvalue weighted by atomic mass is 9.74. The zero-order valence-corrected chi connectivity index (χ0v) is 16.7. The molecule has 1 saturated heterocycles. The van der Waals surface area contributed by atoms with Crippen LogP contribution in [0.4, 0.5) is 17.1 Å². The average molecular weight is 374 g/mol. The van der Waals surface area contributed by atoms with Crippen LogP contribution < -0.4 is 9.80 Å². The van der Waals surface area contributed by atoms with Crippen molar-refractivity contribution in [1.29, 1.82) is 0 Å². The van der Waals surface area contributed by atoms with Gasteiger partial charge in [0.2, 0.25) is 0 Å². The lowest BCUT2D eigenvalue weighted by Crippen LogP contribution is -2.43. The third kappa shape index (κ3) is 2.31. The summed E-state index contributed by atoms with van der Waals surface area (Å²) in [5.41, 5.74) is 6.34. The van der Waals surface area contributed by atoms with Gasteiger partial charge in [0, 0.05) is 12.0 Å². The van der Waals surface area contributed by atoms with Crippen molar-refractivity contribution in [1.82, 2.24) is 4.90 Å². The monoisotopic (exact) mass is 373 g/mol. The van der Waals surface area contributed by atoms with Crippen LogP contribution in [0.15, 0.2) is 55.1 Å². The van der Waals surface area contributed by atoms with Crippen molar-refractivity contribution in [3.63, 3.8) is 0 Å². The van der Waals surface area contributed by atoms with Crippen molar-refractivity contribution < 1.29 is 4.79 Å². The summed E-state index contributed by atoms with van der Waals surface area (Å²) in [5.74, 6) is -0.0484. The summed E-state index contributed by atoms with van der Waals surface area (Å²) in [6.45, 7) is 9.14. The number of benzene rings is 2. The molecule has 0 aromatic heterocycles. The first kappa shape index (κ1) is 17.5. The van der Waals surface area contributed by atoms with Crippen molar-refractivity contribution in [2.24, 2.45) is 0 Å².